The van der Waals surface area contributed by atoms with Gasteiger partial charge >= 0.3 is 88.7 Å². The molecule has 1 amide bonds. The predicted octanol–water partition coefficient (Wildman–Crippen LogP) is -8.57. The fourth-order valence-electron chi connectivity index (χ4n) is 2.43. The summed E-state index contributed by atoms with van der Waals surface area (Å²) in [5.74, 6) is -1.74. The number of carbonyl (C=O) groups is 2. The minimum atomic E-state index is -5.23. The second-order valence-electron chi connectivity index (χ2n) is 5.94. The Kier molecular flexibility index (Phi) is 22.6. The topological polar surface area (TPSA) is 142 Å². The third-order valence-electron chi connectivity index (χ3n) is 3.77. The molecule has 0 aromatic heterocycles. The molecular formula is C17H23NNa3O7P. The Labute approximate surface area is 238 Å². The van der Waals surface area contributed by atoms with Gasteiger partial charge in [-0.25, -0.2) is 0 Å². The van der Waals surface area contributed by atoms with Gasteiger partial charge in [-0.15, -0.1) is 0 Å². The zero-order valence-corrected chi connectivity index (χ0v) is 24.5. The number of nitrogens with one attached hydrogen (secondary N) is 1. The van der Waals surface area contributed by atoms with Crippen LogP contribution in [-0.2, 0) is 13.9 Å². The van der Waals surface area contributed by atoms with Gasteiger partial charge in [0, 0.05) is 6.42 Å². The zero-order chi connectivity index (χ0) is 19.6. The summed E-state index contributed by atoms with van der Waals surface area (Å²) in [6, 6.07) is 4.51. The molecule has 146 valence electrons. The standard InChI is InChI=1S/C17H26NO7P.3Na/c1-2-3-4-5-6-10-16(19)18-15(12-25-26(22,23)24)13-8-7-9-14(11-13)17(20)21;;;/h7-9,11,15H,2-6,10,12H2,1H3,(H,18,19)(H,20,21)(H2,22,23,24);;;/q;3*+1/p-3. The number of phosphoric acid groups is 1. The molecule has 0 saturated heterocycles. The van der Waals surface area contributed by atoms with Crippen LogP contribution in [0.3, 0.4) is 0 Å². The van der Waals surface area contributed by atoms with Gasteiger partial charge in [0.25, 0.3) is 0 Å². The van der Waals surface area contributed by atoms with E-state index in [1.807, 2.05) is 0 Å². The van der Waals surface area contributed by atoms with E-state index in [9.17, 15) is 29.0 Å². The van der Waals surface area contributed by atoms with Crippen LogP contribution in [0.2, 0.25) is 0 Å². The molecule has 12 heteroatoms. The van der Waals surface area contributed by atoms with Crippen molar-refractivity contribution in [3.63, 3.8) is 0 Å². The molecule has 1 rings (SSSR count). The molecular weight excluding hydrogens is 430 g/mol. The Hall–Kier alpha value is 1.27. The van der Waals surface area contributed by atoms with E-state index in [2.05, 4.69) is 16.8 Å². The van der Waals surface area contributed by atoms with Crippen LogP contribution in [0.25, 0.3) is 0 Å². The van der Waals surface area contributed by atoms with Crippen molar-refractivity contribution >= 4 is 19.7 Å². The third-order valence-corrected chi connectivity index (χ3v) is 4.23. The van der Waals surface area contributed by atoms with Crippen molar-refractivity contribution in [2.75, 3.05) is 6.61 Å². The fraction of sp³-hybridized carbons (Fsp3) is 0.529. The first-order valence-electron chi connectivity index (χ1n) is 8.50. The number of aromatic carboxylic acids is 1. The monoisotopic (exact) mass is 453 g/mol. The summed E-state index contributed by atoms with van der Waals surface area (Å²) in [5.41, 5.74) is 0.174. The molecule has 0 aliphatic carbocycles. The van der Waals surface area contributed by atoms with Gasteiger partial charge in [0.15, 0.2) is 0 Å². The first-order chi connectivity index (χ1) is 12.2. The fourth-order valence-corrected chi connectivity index (χ4v) is 2.76. The molecule has 1 unspecified atom stereocenters. The predicted molar refractivity (Wildman–Crippen MR) is 88.6 cm³/mol. The number of hydrogen-bond donors (Lipinski definition) is 1. The molecule has 1 atom stereocenters. The van der Waals surface area contributed by atoms with Gasteiger partial charge < -0.3 is 34.1 Å². The Morgan fingerprint density at radius 2 is 1.72 bits per heavy atom. The first kappa shape index (κ1) is 34.9. The summed E-state index contributed by atoms with van der Waals surface area (Å²) in [6.45, 7) is 1.48. The summed E-state index contributed by atoms with van der Waals surface area (Å²) in [5, 5.41) is 13.6. The number of phosphoric ester groups is 1. The van der Waals surface area contributed by atoms with E-state index < -0.39 is 26.4 Å². The van der Waals surface area contributed by atoms with Crippen LogP contribution in [0.5, 0.6) is 0 Å². The van der Waals surface area contributed by atoms with Crippen LogP contribution >= 0.6 is 7.82 Å². The Morgan fingerprint density at radius 3 is 2.28 bits per heavy atom. The maximum Gasteiger partial charge on any atom is 1.00 e. The molecule has 0 saturated carbocycles. The zero-order valence-electron chi connectivity index (χ0n) is 17.6. The van der Waals surface area contributed by atoms with E-state index in [0.717, 1.165) is 25.7 Å². The maximum atomic E-state index is 12.1. The van der Waals surface area contributed by atoms with E-state index in [1.165, 1.54) is 24.3 Å². The number of hydrogen-bond acceptors (Lipinski definition) is 7. The second kappa shape index (κ2) is 18.8. The Balaban J connectivity index is -0.00000225. The Morgan fingerprint density at radius 1 is 1.10 bits per heavy atom. The van der Waals surface area contributed by atoms with Gasteiger partial charge in [-0.1, -0.05) is 50.8 Å². The molecule has 8 nitrogen and oxygen atoms in total. The molecule has 0 spiro atoms. The smallest absolute Gasteiger partial charge is 0.790 e. The number of carboxylic acid groups (broad SMARTS) is 1. The first-order valence-corrected chi connectivity index (χ1v) is 9.96. The molecule has 0 aliphatic rings. The molecule has 29 heavy (non-hydrogen) atoms. The SMILES string of the molecule is CCCCCCCC(=O)NC(COP(=O)([O-])[O-])c1cccc(C(=O)[O-])c1.[Na+].[Na+].[Na+]. The number of benzene rings is 1. The van der Waals surface area contributed by atoms with Crippen LogP contribution < -0.4 is 109 Å². The maximum absolute atomic E-state index is 12.1. The van der Waals surface area contributed by atoms with Crippen LogP contribution in [0.4, 0.5) is 0 Å². The molecule has 0 radical (unpaired) electrons. The number of carbonyl (C=O) groups excluding carboxylic acids is 2. The van der Waals surface area contributed by atoms with Crippen LogP contribution in [0, 0.1) is 0 Å². The van der Waals surface area contributed by atoms with E-state index in [1.54, 1.807) is 0 Å². The van der Waals surface area contributed by atoms with Crippen LogP contribution in [-0.4, -0.2) is 18.5 Å². The second-order valence-corrected chi connectivity index (χ2v) is 7.09. The van der Waals surface area contributed by atoms with E-state index >= 15 is 0 Å². The van der Waals surface area contributed by atoms with Gasteiger partial charge in [-0.05, 0) is 23.6 Å². The number of unbranched alkanes of at least 4 members (excludes halogenated alkanes) is 4. The minimum absolute atomic E-state index is 0. The van der Waals surface area contributed by atoms with Crippen molar-refractivity contribution < 1.29 is 122 Å². The molecule has 0 aliphatic heterocycles. The number of rotatable bonds is 12. The van der Waals surface area contributed by atoms with Gasteiger partial charge in [0.05, 0.1) is 26.4 Å². The van der Waals surface area contributed by atoms with Crippen molar-refractivity contribution in [1.82, 2.24) is 5.32 Å². The largest absolute Gasteiger partial charge is 1.00 e. The van der Waals surface area contributed by atoms with Crippen LogP contribution in [0.1, 0.15) is 67.4 Å². The van der Waals surface area contributed by atoms with Gasteiger partial charge in [-0.2, -0.15) is 0 Å². The van der Waals surface area contributed by atoms with Gasteiger partial charge in [-0.3, -0.25) is 4.79 Å². The molecule has 0 heterocycles. The summed E-state index contributed by atoms with van der Waals surface area (Å²) in [7, 11) is -5.23. The van der Waals surface area contributed by atoms with Gasteiger partial charge in [0.2, 0.25) is 5.91 Å². The number of carboxylic acids is 1. The minimum Gasteiger partial charge on any atom is -0.790 e. The summed E-state index contributed by atoms with van der Waals surface area (Å²) in [4.78, 5) is 44.5. The summed E-state index contributed by atoms with van der Waals surface area (Å²) in [6.07, 6.45) is 5.03. The average Bonchev–Trinajstić information content (AvgIpc) is 2.57. The van der Waals surface area contributed by atoms with Crippen molar-refractivity contribution in [3.05, 3.63) is 35.4 Å². The van der Waals surface area contributed by atoms with E-state index in [-0.39, 0.29) is 107 Å². The van der Waals surface area contributed by atoms with Crippen molar-refractivity contribution in [2.24, 2.45) is 0 Å². The molecule has 0 fully saturated rings. The van der Waals surface area contributed by atoms with Crippen molar-refractivity contribution in [1.29, 1.82) is 0 Å². The molecule has 1 aromatic rings. The van der Waals surface area contributed by atoms with Gasteiger partial charge in [0.1, 0.15) is 0 Å². The molecule has 1 aromatic carbocycles. The quantitative estimate of drug-likeness (QED) is 0.188. The number of amides is 1. The normalized spacial score (nSPS) is 11.3. The molecule has 0 bridgehead atoms. The summed E-state index contributed by atoms with van der Waals surface area (Å²) < 4.78 is 15.0. The molecule has 1 N–H and O–H groups in total. The van der Waals surface area contributed by atoms with E-state index in [4.69, 9.17) is 0 Å². The summed E-state index contributed by atoms with van der Waals surface area (Å²) >= 11 is 0. The Bertz CT molecular complexity index is 658. The van der Waals surface area contributed by atoms with E-state index in [0.29, 0.717) is 12.0 Å². The van der Waals surface area contributed by atoms with Crippen LogP contribution in [0.15, 0.2) is 24.3 Å². The average molecular weight is 453 g/mol. The van der Waals surface area contributed by atoms with Crippen molar-refractivity contribution in [2.45, 2.75) is 51.5 Å². The van der Waals surface area contributed by atoms with Crippen molar-refractivity contribution in [3.8, 4) is 0 Å². The third kappa shape index (κ3) is 16.5.